The van der Waals surface area contributed by atoms with Crippen molar-refractivity contribution in [3.63, 3.8) is 0 Å². The molecule has 0 aliphatic heterocycles. The van der Waals surface area contributed by atoms with E-state index >= 15 is 0 Å². The van der Waals surface area contributed by atoms with E-state index in [0.717, 1.165) is 5.76 Å². The second kappa shape index (κ2) is 5.33. The monoisotopic (exact) mass is 281 g/mol. The predicted octanol–water partition coefficient (Wildman–Crippen LogP) is 1.16. The highest BCUT2D eigenvalue weighted by atomic mass is 32.2. The molecular formula is C12H15N3O3S. The number of rotatable bonds is 5. The van der Waals surface area contributed by atoms with Gasteiger partial charge in [-0.2, -0.15) is 0 Å². The molecule has 0 aliphatic rings. The maximum absolute atomic E-state index is 11.3. The molecule has 5 N–H and O–H groups in total. The second-order valence-corrected chi connectivity index (χ2v) is 5.61. The minimum atomic E-state index is -3.72. The zero-order valence-electron chi connectivity index (χ0n) is 10.2. The van der Waals surface area contributed by atoms with Gasteiger partial charge in [-0.25, -0.2) is 13.6 Å². The highest BCUT2D eigenvalue weighted by Gasteiger charge is 2.10. The van der Waals surface area contributed by atoms with Gasteiger partial charge in [-0.15, -0.1) is 0 Å². The smallest absolute Gasteiger partial charge is 0.238 e. The lowest BCUT2D eigenvalue weighted by atomic mass is 10.2. The molecule has 1 aromatic carbocycles. The van der Waals surface area contributed by atoms with Gasteiger partial charge in [0.1, 0.15) is 5.76 Å². The molecule has 102 valence electrons. The molecule has 0 fully saturated rings. The average molecular weight is 281 g/mol. The molecule has 0 bridgehead atoms. The van der Waals surface area contributed by atoms with Crippen LogP contribution in [0.4, 0.5) is 11.4 Å². The maximum Gasteiger partial charge on any atom is 0.238 e. The summed E-state index contributed by atoms with van der Waals surface area (Å²) in [7, 11) is -3.72. The average Bonchev–Trinajstić information content (AvgIpc) is 2.83. The fraction of sp³-hybridized carbons (Fsp3) is 0.167. The van der Waals surface area contributed by atoms with E-state index < -0.39 is 10.0 Å². The normalized spacial score (nSPS) is 11.4. The number of hydrogen-bond acceptors (Lipinski definition) is 5. The third-order valence-electron chi connectivity index (χ3n) is 2.62. The van der Waals surface area contributed by atoms with Gasteiger partial charge >= 0.3 is 0 Å². The third-order valence-corrected chi connectivity index (χ3v) is 3.53. The van der Waals surface area contributed by atoms with Crippen molar-refractivity contribution in [1.82, 2.24) is 0 Å². The van der Waals surface area contributed by atoms with E-state index in [1.54, 1.807) is 6.26 Å². The minimum absolute atomic E-state index is 0.0298. The second-order valence-electron chi connectivity index (χ2n) is 4.05. The number of nitrogens with two attached hydrogens (primary N) is 2. The van der Waals surface area contributed by atoms with Crippen molar-refractivity contribution in [2.24, 2.45) is 5.14 Å². The number of benzene rings is 1. The number of anilines is 2. The Balaban J connectivity index is 2.07. The van der Waals surface area contributed by atoms with Gasteiger partial charge in [0.15, 0.2) is 0 Å². The molecular weight excluding hydrogens is 266 g/mol. The SMILES string of the molecule is Nc1ccc(S(N)(=O)=O)cc1NCCc1ccco1. The summed E-state index contributed by atoms with van der Waals surface area (Å²) in [6.45, 7) is 0.575. The van der Waals surface area contributed by atoms with Crippen LogP contribution in [0.3, 0.4) is 0 Å². The third kappa shape index (κ3) is 3.49. The summed E-state index contributed by atoms with van der Waals surface area (Å²) < 4.78 is 27.7. The first-order chi connectivity index (χ1) is 8.97. The Morgan fingerprint density at radius 3 is 2.68 bits per heavy atom. The van der Waals surface area contributed by atoms with E-state index in [9.17, 15) is 8.42 Å². The molecule has 0 atom stereocenters. The van der Waals surface area contributed by atoms with Gasteiger partial charge in [-0.1, -0.05) is 0 Å². The molecule has 6 nitrogen and oxygen atoms in total. The molecule has 0 spiro atoms. The van der Waals surface area contributed by atoms with Crippen molar-refractivity contribution in [3.8, 4) is 0 Å². The van der Waals surface area contributed by atoms with Gasteiger partial charge < -0.3 is 15.5 Å². The Bertz CT molecular complexity index is 651. The van der Waals surface area contributed by atoms with E-state index in [2.05, 4.69) is 5.32 Å². The number of nitrogens with one attached hydrogen (secondary N) is 1. The molecule has 19 heavy (non-hydrogen) atoms. The van der Waals surface area contributed by atoms with Crippen LogP contribution < -0.4 is 16.2 Å². The molecule has 2 aromatic rings. The zero-order valence-corrected chi connectivity index (χ0v) is 11.0. The summed E-state index contributed by atoms with van der Waals surface area (Å²) in [4.78, 5) is 0.0298. The van der Waals surface area contributed by atoms with Crippen molar-refractivity contribution in [2.45, 2.75) is 11.3 Å². The van der Waals surface area contributed by atoms with Crippen LogP contribution in [0.5, 0.6) is 0 Å². The first-order valence-electron chi connectivity index (χ1n) is 5.65. The highest BCUT2D eigenvalue weighted by Crippen LogP contribution is 2.22. The Kier molecular flexibility index (Phi) is 3.77. The van der Waals surface area contributed by atoms with Gasteiger partial charge in [0.25, 0.3) is 0 Å². The lowest BCUT2D eigenvalue weighted by Gasteiger charge is -2.10. The molecule has 7 heteroatoms. The van der Waals surface area contributed by atoms with Crippen LogP contribution in [0.15, 0.2) is 45.9 Å². The lowest BCUT2D eigenvalue weighted by molar-refractivity contribution is 0.513. The van der Waals surface area contributed by atoms with Crippen molar-refractivity contribution < 1.29 is 12.8 Å². The van der Waals surface area contributed by atoms with E-state index in [1.807, 2.05) is 12.1 Å². The van der Waals surface area contributed by atoms with Gasteiger partial charge in [0, 0.05) is 13.0 Å². The molecule has 0 saturated heterocycles. The molecule has 0 amide bonds. The van der Waals surface area contributed by atoms with Gasteiger partial charge in [0.2, 0.25) is 10.0 Å². The highest BCUT2D eigenvalue weighted by molar-refractivity contribution is 7.89. The van der Waals surface area contributed by atoms with Gasteiger partial charge in [-0.05, 0) is 30.3 Å². The number of nitrogen functional groups attached to an aromatic ring is 1. The van der Waals surface area contributed by atoms with Gasteiger partial charge in [-0.3, -0.25) is 0 Å². The quantitative estimate of drug-likeness (QED) is 0.712. The van der Waals surface area contributed by atoms with Crippen molar-refractivity contribution in [3.05, 3.63) is 42.4 Å². The summed E-state index contributed by atoms with van der Waals surface area (Å²) >= 11 is 0. The first-order valence-corrected chi connectivity index (χ1v) is 7.20. The minimum Gasteiger partial charge on any atom is -0.469 e. The fourth-order valence-electron chi connectivity index (χ4n) is 1.64. The van der Waals surface area contributed by atoms with Gasteiger partial charge in [0.05, 0.1) is 22.5 Å². The summed E-state index contributed by atoms with van der Waals surface area (Å²) in [6.07, 6.45) is 2.28. The summed E-state index contributed by atoms with van der Waals surface area (Å²) in [6, 6.07) is 7.99. The Morgan fingerprint density at radius 2 is 2.05 bits per heavy atom. The number of hydrogen-bond donors (Lipinski definition) is 3. The van der Waals surface area contributed by atoms with E-state index in [-0.39, 0.29) is 4.90 Å². The molecule has 0 radical (unpaired) electrons. The first kappa shape index (κ1) is 13.4. The molecule has 0 unspecified atom stereocenters. The van der Waals surface area contributed by atoms with Crippen LogP contribution in [0.1, 0.15) is 5.76 Å². The summed E-state index contributed by atoms with van der Waals surface area (Å²) in [5, 5.41) is 8.13. The summed E-state index contributed by atoms with van der Waals surface area (Å²) in [5.74, 6) is 0.841. The Labute approximate surface area is 111 Å². The molecule has 1 aromatic heterocycles. The van der Waals surface area contributed by atoms with Crippen LogP contribution in [-0.4, -0.2) is 15.0 Å². The van der Waals surface area contributed by atoms with Crippen LogP contribution in [0, 0.1) is 0 Å². The summed E-state index contributed by atoms with van der Waals surface area (Å²) in [5.41, 5.74) is 6.78. The van der Waals surface area contributed by atoms with Crippen LogP contribution in [0.2, 0.25) is 0 Å². The zero-order chi connectivity index (χ0) is 13.9. The van der Waals surface area contributed by atoms with Crippen LogP contribution in [-0.2, 0) is 16.4 Å². The number of sulfonamides is 1. The van der Waals surface area contributed by atoms with Crippen molar-refractivity contribution >= 4 is 21.4 Å². The Hall–Kier alpha value is -1.99. The largest absolute Gasteiger partial charge is 0.469 e. The van der Waals surface area contributed by atoms with Crippen molar-refractivity contribution in [1.29, 1.82) is 0 Å². The van der Waals surface area contributed by atoms with Crippen molar-refractivity contribution in [2.75, 3.05) is 17.6 Å². The van der Waals surface area contributed by atoms with E-state index in [0.29, 0.717) is 24.3 Å². The maximum atomic E-state index is 11.3. The fourth-order valence-corrected chi connectivity index (χ4v) is 2.18. The van der Waals surface area contributed by atoms with Crippen LogP contribution in [0.25, 0.3) is 0 Å². The molecule has 0 aliphatic carbocycles. The van der Waals surface area contributed by atoms with Crippen LogP contribution >= 0.6 is 0 Å². The standard InChI is InChI=1S/C12H15N3O3S/c13-11-4-3-10(19(14,16)17)8-12(11)15-6-5-9-2-1-7-18-9/h1-4,7-8,15H,5-6,13H2,(H2,14,16,17). The topological polar surface area (TPSA) is 111 Å². The van der Waals surface area contributed by atoms with E-state index in [4.69, 9.17) is 15.3 Å². The lowest BCUT2D eigenvalue weighted by Crippen LogP contribution is -2.13. The Morgan fingerprint density at radius 1 is 1.26 bits per heavy atom. The molecule has 0 saturated carbocycles. The molecule has 1 heterocycles. The number of primary sulfonamides is 1. The number of furan rings is 1. The predicted molar refractivity (Wildman–Crippen MR) is 73.1 cm³/mol. The van der Waals surface area contributed by atoms with E-state index in [1.165, 1.54) is 18.2 Å². The molecule has 2 rings (SSSR count).